The van der Waals surface area contributed by atoms with Gasteiger partial charge < -0.3 is 10.6 Å². The molecule has 0 radical (unpaired) electrons. The molecule has 2 aliphatic rings. The number of rotatable bonds is 4. The Labute approximate surface area is 97.8 Å². The van der Waals surface area contributed by atoms with Crippen LogP contribution in [0.4, 0.5) is 0 Å². The first kappa shape index (κ1) is 11.9. The smallest absolute Gasteiger partial charge is 0.237 e. The van der Waals surface area contributed by atoms with Gasteiger partial charge in [-0.1, -0.05) is 0 Å². The van der Waals surface area contributed by atoms with Crippen LogP contribution in [0, 0.1) is 0 Å². The third kappa shape index (κ3) is 2.55. The van der Waals surface area contributed by atoms with Gasteiger partial charge in [-0.2, -0.15) is 0 Å². The molecule has 1 saturated heterocycles. The van der Waals surface area contributed by atoms with Crippen molar-refractivity contribution >= 4 is 5.91 Å². The summed E-state index contributed by atoms with van der Waals surface area (Å²) < 4.78 is 0. The summed E-state index contributed by atoms with van der Waals surface area (Å²) in [6.07, 6.45) is 4.54. The first-order valence-electron chi connectivity index (χ1n) is 6.43. The molecule has 2 fully saturated rings. The lowest BCUT2D eigenvalue weighted by atomic mass is 10.1. The van der Waals surface area contributed by atoms with Crippen LogP contribution in [-0.2, 0) is 4.79 Å². The molecule has 2 atom stereocenters. The molecule has 1 aliphatic carbocycles. The van der Waals surface area contributed by atoms with Crippen molar-refractivity contribution in [3.63, 3.8) is 0 Å². The second kappa shape index (κ2) is 5.15. The number of nitrogens with one attached hydrogen (secondary N) is 2. The lowest BCUT2D eigenvalue weighted by Crippen LogP contribution is -2.49. The van der Waals surface area contributed by atoms with Gasteiger partial charge in [-0.3, -0.25) is 9.69 Å². The highest BCUT2D eigenvalue weighted by atomic mass is 16.2. The van der Waals surface area contributed by atoms with Gasteiger partial charge in [-0.05, 0) is 46.2 Å². The van der Waals surface area contributed by atoms with Crippen LogP contribution >= 0.6 is 0 Å². The van der Waals surface area contributed by atoms with Crippen LogP contribution in [0.2, 0.25) is 0 Å². The molecule has 0 aromatic heterocycles. The average Bonchev–Trinajstić information content (AvgIpc) is 3.06. The van der Waals surface area contributed by atoms with Crippen molar-refractivity contribution in [2.75, 3.05) is 20.1 Å². The number of carbonyl (C=O) groups is 1. The van der Waals surface area contributed by atoms with Crippen molar-refractivity contribution < 1.29 is 4.79 Å². The van der Waals surface area contributed by atoms with E-state index in [1.54, 1.807) is 0 Å². The van der Waals surface area contributed by atoms with Gasteiger partial charge in [0.1, 0.15) is 0 Å². The molecule has 0 aromatic carbocycles. The third-order valence-corrected chi connectivity index (χ3v) is 3.67. The fourth-order valence-electron chi connectivity index (χ4n) is 2.66. The second-order valence-electron chi connectivity index (χ2n) is 5.02. The molecule has 4 nitrogen and oxygen atoms in total. The molecular formula is C12H23N3O. The SMILES string of the molecule is CNCCC1C(=O)NCCC(C)N1C1CC1. The Bertz CT molecular complexity index is 253. The molecule has 1 saturated carbocycles. The zero-order valence-corrected chi connectivity index (χ0v) is 10.3. The van der Waals surface area contributed by atoms with E-state index in [9.17, 15) is 4.79 Å². The third-order valence-electron chi connectivity index (χ3n) is 3.67. The fourth-order valence-corrected chi connectivity index (χ4v) is 2.66. The van der Waals surface area contributed by atoms with Crippen molar-refractivity contribution in [2.24, 2.45) is 0 Å². The molecule has 16 heavy (non-hydrogen) atoms. The Morgan fingerprint density at radius 3 is 2.81 bits per heavy atom. The summed E-state index contributed by atoms with van der Waals surface area (Å²) in [5.74, 6) is 0.228. The highest BCUT2D eigenvalue weighted by molar-refractivity contribution is 5.82. The molecule has 1 aliphatic heterocycles. The van der Waals surface area contributed by atoms with E-state index < -0.39 is 0 Å². The molecular weight excluding hydrogens is 202 g/mol. The standard InChI is InChI=1S/C12H23N3O/c1-9-5-8-14-12(16)11(6-7-13-2)15(9)10-3-4-10/h9-11,13H,3-8H2,1-2H3,(H,14,16). The number of hydrogen-bond donors (Lipinski definition) is 2. The normalized spacial score (nSPS) is 32.2. The predicted octanol–water partition coefficient (Wildman–Crippen LogP) is 0.337. The first-order valence-corrected chi connectivity index (χ1v) is 6.43. The Morgan fingerprint density at radius 2 is 2.19 bits per heavy atom. The fraction of sp³-hybridized carbons (Fsp3) is 0.917. The van der Waals surface area contributed by atoms with E-state index in [0.717, 1.165) is 25.9 Å². The van der Waals surface area contributed by atoms with Crippen molar-refractivity contribution in [3.8, 4) is 0 Å². The lowest BCUT2D eigenvalue weighted by molar-refractivity contribution is -0.126. The molecule has 92 valence electrons. The highest BCUT2D eigenvalue weighted by Gasteiger charge is 2.40. The maximum atomic E-state index is 12.0. The molecule has 1 amide bonds. The van der Waals surface area contributed by atoms with Gasteiger partial charge in [-0.25, -0.2) is 0 Å². The first-order chi connectivity index (χ1) is 7.74. The van der Waals surface area contributed by atoms with Gasteiger partial charge >= 0.3 is 0 Å². The van der Waals surface area contributed by atoms with Crippen molar-refractivity contribution in [2.45, 2.75) is 50.7 Å². The van der Waals surface area contributed by atoms with E-state index in [4.69, 9.17) is 0 Å². The summed E-state index contributed by atoms with van der Waals surface area (Å²) in [5, 5.41) is 6.18. The van der Waals surface area contributed by atoms with Gasteiger partial charge in [0.05, 0.1) is 6.04 Å². The average molecular weight is 225 g/mol. The summed E-state index contributed by atoms with van der Waals surface area (Å²) >= 11 is 0. The Balaban J connectivity index is 2.07. The maximum absolute atomic E-state index is 12.0. The topological polar surface area (TPSA) is 44.4 Å². The van der Waals surface area contributed by atoms with Crippen molar-refractivity contribution in [1.82, 2.24) is 15.5 Å². The minimum absolute atomic E-state index is 0.0810. The van der Waals surface area contributed by atoms with E-state index in [-0.39, 0.29) is 11.9 Å². The van der Waals surface area contributed by atoms with Crippen molar-refractivity contribution in [3.05, 3.63) is 0 Å². The number of amides is 1. The lowest BCUT2D eigenvalue weighted by Gasteiger charge is -2.33. The number of hydrogen-bond acceptors (Lipinski definition) is 3. The van der Waals surface area contributed by atoms with E-state index >= 15 is 0 Å². The van der Waals surface area contributed by atoms with Crippen LogP contribution in [0.5, 0.6) is 0 Å². The van der Waals surface area contributed by atoms with Gasteiger partial charge in [0.15, 0.2) is 0 Å². The van der Waals surface area contributed by atoms with E-state index in [0.29, 0.717) is 12.1 Å². The van der Waals surface area contributed by atoms with Crippen LogP contribution in [-0.4, -0.2) is 49.1 Å². The molecule has 4 heteroatoms. The largest absolute Gasteiger partial charge is 0.355 e. The zero-order valence-electron chi connectivity index (χ0n) is 10.3. The zero-order chi connectivity index (χ0) is 11.5. The monoisotopic (exact) mass is 225 g/mol. The second-order valence-corrected chi connectivity index (χ2v) is 5.02. The molecule has 0 bridgehead atoms. The van der Waals surface area contributed by atoms with Gasteiger partial charge in [-0.15, -0.1) is 0 Å². The van der Waals surface area contributed by atoms with E-state index in [2.05, 4.69) is 22.5 Å². The molecule has 2 N–H and O–H groups in total. The predicted molar refractivity (Wildman–Crippen MR) is 64.3 cm³/mol. The summed E-state index contributed by atoms with van der Waals surface area (Å²) in [7, 11) is 1.94. The minimum atomic E-state index is 0.0810. The van der Waals surface area contributed by atoms with Crippen LogP contribution < -0.4 is 10.6 Å². The van der Waals surface area contributed by atoms with Crippen LogP contribution in [0.25, 0.3) is 0 Å². The molecule has 1 heterocycles. The highest BCUT2D eigenvalue weighted by Crippen LogP contribution is 2.32. The van der Waals surface area contributed by atoms with Crippen LogP contribution in [0.3, 0.4) is 0 Å². The molecule has 2 rings (SSSR count). The van der Waals surface area contributed by atoms with Crippen molar-refractivity contribution in [1.29, 1.82) is 0 Å². The minimum Gasteiger partial charge on any atom is -0.355 e. The van der Waals surface area contributed by atoms with Crippen LogP contribution in [0.15, 0.2) is 0 Å². The van der Waals surface area contributed by atoms with Gasteiger partial charge in [0, 0.05) is 18.6 Å². The summed E-state index contributed by atoms with van der Waals surface area (Å²) in [5.41, 5.74) is 0. The summed E-state index contributed by atoms with van der Waals surface area (Å²) in [6, 6.07) is 1.28. The van der Waals surface area contributed by atoms with E-state index in [1.807, 2.05) is 7.05 Å². The Hall–Kier alpha value is -0.610. The van der Waals surface area contributed by atoms with Gasteiger partial charge in [0.2, 0.25) is 5.91 Å². The maximum Gasteiger partial charge on any atom is 0.237 e. The summed E-state index contributed by atoms with van der Waals surface area (Å²) in [4.78, 5) is 14.5. The molecule has 2 unspecified atom stereocenters. The quantitative estimate of drug-likeness (QED) is 0.725. The van der Waals surface area contributed by atoms with E-state index in [1.165, 1.54) is 12.8 Å². The Kier molecular flexibility index (Phi) is 3.82. The molecule has 0 aromatic rings. The van der Waals surface area contributed by atoms with Crippen LogP contribution in [0.1, 0.15) is 32.6 Å². The van der Waals surface area contributed by atoms with Gasteiger partial charge in [0.25, 0.3) is 0 Å². The molecule has 0 spiro atoms. The summed E-state index contributed by atoms with van der Waals surface area (Å²) in [6.45, 7) is 4.00. The number of nitrogens with zero attached hydrogens (tertiary/aromatic N) is 1. The Morgan fingerprint density at radius 1 is 1.44 bits per heavy atom. The number of carbonyl (C=O) groups excluding carboxylic acids is 1.